The van der Waals surface area contributed by atoms with Crippen LogP contribution in [0.2, 0.25) is 0 Å². The summed E-state index contributed by atoms with van der Waals surface area (Å²) in [5.41, 5.74) is 7.09. The van der Waals surface area contributed by atoms with Crippen LogP contribution in [0.3, 0.4) is 0 Å². The number of hydrogen-bond donors (Lipinski definition) is 1. The van der Waals surface area contributed by atoms with Gasteiger partial charge in [0.25, 0.3) is 0 Å². The van der Waals surface area contributed by atoms with E-state index in [4.69, 9.17) is 9.72 Å². The molecule has 1 aliphatic carbocycles. The third-order valence-electron chi connectivity index (χ3n) is 6.84. The minimum atomic E-state index is -0.301. The lowest BCUT2D eigenvalue weighted by Gasteiger charge is -2.28. The van der Waals surface area contributed by atoms with Gasteiger partial charge in [-0.15, -0.1) is 0 Å². The van der Waals surface area contributed by atoms with E-state index in [1.54, 1.807) is 25.3 Å². The molecule has 6 heteroatoms. The maximum absolute atomic E-state index is 12.9. The number of methoxy groups -OCH3 is 1. The molecule has 1 N–H and O–H groups in total. The van der Waals surface area contributed by atoms with Gasteiger partial charge in [0.1, 0.15) is 17.5 Å². The second-order valence-corrected chi connectivity index (χ2v) is 9.15. The molecule has 6 nitrogen and oxygen atoms in total. The van der Waals surface area contributed by atoms with Crippen LogP contribution in [0.4, 0.5) is 5.69 Å². The number of amides is 1. The Hall–Kier alpha value is -4.37. The summed E-state index contributed by atoms with van der Waals surface area (Å²) in [5, 5.41) is 14.0. The number of carbonyl (C=O) groups excluding carboxylic acids is 1. The Balaban J connectivity index is 1.65. The molecule has 2 aromatic carbocycles. The third-order valence-corrected chi connectivity index (χ3v) is 6.84. The molecule has 1 amide bonds. The van der Waals surface area contributed by atoms with Crippen molar-refractivity contribution in [1.29, 1.82) is 5.26 Å². The van der Waals surface area contributed by atoms with Crippen LogP contribution < -0.4 is 10.1 Å². The van der Waals surface area contributed by atoms with Gasteiger partial charge in [-0.25, -0.2) is 4.98 Å². The maximum atomic E-state index is 12.9. The molecule has 36 heavy (non-hydrogen) atoms. The molecule has 2 aromatic heterocycles. The fraction of sp³-hybridized carbons (Fsp3) is 0.233. The van der Waals surface area contributed by atoms with Gasteiger partial charge in [-0.1, -0.05) is 36.4 Å². The summed E-state index contributed by atoms with van der Waals surface area (Å²) in [7, 11) is 1.57. The Morgan fingerprint density at radius 1 is 1.19 bits per heavy atom. The van der Waals surface area contributed by atoms with Gasteiger partial charge in [-0.05, 0) is 74.1 Å². The van der Waals surface area contributed by atoms with Crippen LogP contribution in [0.25, 0.3) is 17.1 Å². The minimum Gasteiger partial charge on any atom is -0.495 e. The Morgan fingerprint density at radius 2 is 1.97 bits per heavy atom. The van der Waals surface area contributed by atoms with Gasteiger partial charge >= 0.3 is 0 Å². The van der Waals surface area contributed by atoms with Gasteiger partial charge in [0.05, 0.1) is 30.1 Å². The van der Waals surface area contributed by atoms with Crippen LogP contribution in [-0.2, 0) is 11.2 Å². The second kappa shape index (κ2) is 9.71. The van der Waals surface area contributed by atoms with E-state index in [2.05, 4.69) is 40.2 Å². The summed E-state index contributed by atoms with van der Waals surface area (Å²) >= 11 is 0. The molecular formula is C30H28N4O2. The van der Waals surface area contributed by atoms with E-state index in [9.17, 15) is 10.1 Å². The quantitative estimate of drug-likeness (QED) is 0.352. The third kappa shape index (κ3) is 4.14. The number of ether oxygens (including phenoxy) is 1. The van der Waals surface area contributed by atoms with Gasteiger partial charge in [0, 0.05) is 17.2 Å². The zero-order valence-corrected chi connectivity index (χ0v) is 20.7. The molecule has 1 atom stereocenters. The molecular weight excluding hydrogens is 448 g/mol. The van der Waals surface area contributed by atoms with Crippen LogP contribution in [-0.4, -0.2) is 22.6 Å². The van der Waals surface area contributed by atoms with E-state index in [-0.39, 0.29) is 11.9 Å². The van der Waals surface area contributed by atoms with Crippen molar-refractivity contribution in [3.05, 3.63) is 94.3 Å². The number of rotatable bonds is 5. The molecule has 2 heterocycles. The number of para-hydroxylation sites is 2. The van der Waals surface area contributed by atoms with Gasteiger partial charge < -0.3 is 14.6 Å². The summed E-state index contributed by atoms with van der Waals surface area (Å²) in [6, 6.07) is 20.2. The van der Waals surface area contributed by atoms with Crippen molar-refractivity contribution >= 4 is 28.7 Å². The normalized spacial score (nSPS) is 15.0. The molecule has 5 rings (SSSR count). The Labute approximate surface area is 210 Å². The van der Waals surface area contributed by atoms with Crippen molar-refractivity contribution < 1.29 is 9.53 Å². The monoisotopic (exact) mass is 476 g/mol. The summed E-state index contributed by atoms with van der Waals surface area (Å²) in [6.45, 7) is 3.99. The predicted molar refractivity (Wildman–Crippen MR) is 142 cm³/mol. The van der Waals surface area contributed by atoms with Crippen LogP contribution in [0.5, 0.6) is 5.75 Å². The van der Waals surface area contributed by atoms with Gasteiger partial charge in [-0.3, -0.25) is 4.79 Å². The molecule has 0 spiro atoms. The topological polar surface area (TPSA) is 79.9 Å². The standard InChI is InChI=1S/C30H28N4O2/c1-19-17-20(2)32-30-29(19)23(18-31)26(15-16-28(35)33-24-12-6-7-14-27(24)36-3)34(30)25-13-8-10-21-9-4-5-11-22(21)25/h4-7,9,11-12,14-17,25H,8,10,13H2,1-3H3,(H,33,35)/t25-/m0/s1. The average molecular weight is 477 g/mol. The lowest BCUT2D eigenvalue weighted by atomic mass is 9.87. The fourth-order valence-corrected chi connectivity index (χ4v) is 5.33. The zero-order valence-electron chi connectivity index (χ0n) is 20.7. The van der Waals surface area contributed by atoms with Crippen LogP contribution >= 0.6 is 0 Å². The minimum absolute atomic E-state index is 0.0326. The highest BCUT2D eigenvalue weighted by Crippen LogP contribution is 2.39. The second-order valence-electron chi connectivity index (χ2n) is 9.15. The van der Waals surface area contributed by atoms with Crippen molar-refractivity contribution in [3.63, 3.8) is 0 Å². The average Bonchev–Trinajstić information content (AvgIpc) is 3.20. The number of carbonyl (C=O) groups is 1. The van der Waals surface area contributed by atoms with E-state index in [1.807, 2.05) is 32.0 Å². The first-order chi connectivity index (χ1) is 17.5. The molecule has 0 fully saturated rings. The lowest BCUT2D eigenvalue weighted by Crippen LogP contribution is -2.19. The molecule has 180 valence electrons. The van der Waals surface area contributed by atoms with E-state index < -0.39 is 0 Å². The number of nitriles is 1. The van der Waals surface area contributed by atoms with Gasteiger partial charge in [0.15, 0.2) is 0 Å². The van der Waals surface area contributed by atoms with Gasteiger partial charge in [-0.2, -0.15) is 5.26 Å². The molecule has 0 saturated carbocycles. The van der Waals surface area contributed by atoms with Crippen molar-refractivity contribution in [2.45, 2.75) is 39.2 Å². The number of anilines is 1. The highest BCUT2D eigenvalue weighted by molar-refractivity contribution is 6.03. The number of aryl methyl sites for hydroxylation is 3. The first-order valence-corrected chi connectivity index (χ1v) is 12.1. The zero-order chi connectivity index (χ0) is 25.2. The Bertz CT molecular complexity index is 1540. The molecule has 0 unspecified atom stereocenters. The number of nitrogens with one attached hydrogen (secondary N) is 1. The number of pyridine rings is 1. The molecule has 0 bridgehead atoms. The number of hydrogen-bond acceptors (Lipinski definition) is 4. The number of aromatic nitrogens is 2. The smallest absolute Gasteiger partial charge is 0.248 e. The van der Waals surface area contributed by atoms with E-state index in [0.29, 0.717) is 22.7 Å². The van der Waals surface area contributed by atoms with Crippen molar-refractivity contribution in [2.24, 2.45) is 0 Å². The van der Waals surface area contributed by atoms with E-state index >= 15 is 0 Å². The van der Waals surface area contributed by atoms with Crippen LogP contribution in [0, 0.1) is 25.2 Å². The van der Waals surface area contributed by atoms with Crippen molar-refractivity contribution in [1.82, 2.24) is 9.55 Å². The van der Waals surface area contributed by atoms with Crippen LogP contribution in [0.15, 0.2) is 60.7 Å². The predicted octanol–water partition coefficient (Wildman–Crippen LogP) is 6.11. The first-order valence-electron chi connectivity index (χ1n) is 12.1. The molecule has 4 aromatic rings. The molecule has 1 aliphatic rings. The highest BCUT2D eigenvalue weighted by Gasteiger charge is 2.28. The van der Waals surface area contributed by atoms with Crippen LogP contribution in [0.1, 0.15) is 52.5 Å². The van der Waals surface area contributed by atoms with E-state index in [1.165, 1.54) is 17.2 Å². The largest absolute Gasteiger partial charge is 0.495 e. The maximum Gasteiger partial charge on any atom is 0.248 e. The number of fused-ring (bicyclic) bond motifs is 2. The van der Waals surface area contributed by atoms with E-state index in [0.717, 1.165) is 41.6 Å². The molecule has 0 aliphatic heterocycles. The summed E-state index contributed by atoms with van der Waals surface area (Å²) in [5.74, 6) is 0.283. The summed E-state index contributed by atoms with van der Waals surface area (Å²) in [4.78, 5) is 17.8. The van der Waals surface area contributed by atoms with Gasteiger partial charge in [0.2, 0.25) is 5.91 Å². The lowest BCUT2D eigenvalue weighted by molar-refractivity contribution is -0.111. The van der Waals surface area contributed by atoms with Crippen molar-refractivity contribution in [2.75, 3.05) is 12.4 Å². The molecule has 0 saturated heterocycles. The number of nitrogens with zero attached hydrogens (tertiary/aromatic N) is 3. The Morgan fingerprint density at radius 3 is 2.78 bits per heavy atom. The first kappa shape index (κ1) is 23.4. The fourth-order valence-electron chi connectivity index (χ4n) is 5.33. The summed E-state index contributed by atoms with van der Waals surface area (Å²) in [6.07, 6.45) is 6.25. The SMILES string of the molecule is COc1ccccc1NC(=O)C=Cc1c(C#N)c2c(C)cc(C)nc2n1[C@H]1CCCc2ccccc21. The highest BCUT2D eigenvalue weighted by atomic mass is 16.5. The summed E-state index contributed by atoms with van der Waals surface area (Å²) < 4.78 is 7.51. The number of benzene rings is 2. The Kier molecular flexibility index (Phi) is 6.30. The van der Waals surface area contributed by atoms with Crippen molar-refractivity contribution in [3.8, 4) is 11.8 Å². The molecule has 0 radical (unpaired) electrons.